The maximum absolute atomic E-state index is 11.7. The van der Waals surface area contributed by atoms with Gasteiger partial charge in [-0.05, 0) is 26.0 Å². The molecule has 0 radical (unpaired) electrons. The van der Waals surface area contributed by atoms with E-state index in [1.54, 1.807) is 38.1 Å². The molecule has 1 atom stereocenters. The van der Waals surface area contributed by atoms with Gasteiger partial charge in [-0.25, -0.2) is 4.79 Å². The zero-order chi connectivity index (χ0) is 14.8. The third-order valence-corrected chi connectivity index (χ3v) is 2.29. The Morgan fingerprint density at radius 2 is 1.75 bits per heavy atom. The van der Waals surface area contributed by atoms with Gasteiger partial charge in [-0.2, -0.15) is 10.2 Å². The third-order valence-electron chi connectivity index (χ3n) is 2.29. The van der Waals surface area contributed by atoms with Gasteiger partial charge in [-0.3, -0.25) is 4.79 Å². The number of hydrogen-bond donors (Lipinski definition) is 0. The van der Waals surface area contributed by atoms with Crippen LogP contribution in [-0.2, 0) is 19.1 Å². The van der Waals surface area contributed by atoms with E-state index in [4.69, 9.17) is 9.47 Å². The number of hydrogen-bond acceptors (Lipinski definition) is 6. The molecular formula is C14H18N2O4. The van der Waals surface area contributed by atoms with E-state index in [1.807, 2.05) is 6.07 Å². The molecule has 0 heterocycles. The van der Waals surface area contributed by atoms with Crippen LogP contribution >= 0.6 is 0 Å². The van der Waals surface area contributed by atoms with E-state index in [9.17, 15) is 9.59 Å². The highest BCUT2D eigenvalue weighted by molar-refractivity contribution is 5.82. The summed E-state index contributed by atoms with van der Waals surface area (Å²) in [5, 5.41) is 7.82. The van der Waals surface area contributed by atoms with Crippen molar-refractivity contribution in [2.45, 2.75) is 26.3 Å². The van der Waals surface area contributed by atoms with Gasteiger partial charge < -0.3 is 9.47 Å². The Labute approximate surface area is 117 Å². The first kappa shape index (κ1) is 15.8. The Kier molecular flexibility index (Phi) is 6.95. The molecular weight excluding hydrogens is 260 g/mol. The molecule has 0 saturated heterocycles. The van der Waals surface area contributed by atoms with E-state index in [1.165, 1.54) is 0 Å². The lowest BCUT2D eigenvalue weighted by Crippen LogP contribution is -2.25. The van der Waals surface area contributed by atoms with Crippen LogP contribution in [-0.4, -0.2) is 31.2 Å². The zero-order valence-electron chi connectivity index (χ0n) is 11.6. The molecule has 6 nitrogen and oxygen atoms in total. The maximum Gasteiger partial charge on any atom is 0.333 e. The molecule has 0 saturated carbocycles. The summed E-state index contributed by atoms with van der Waals surface area (Å²) < 4.78 is 9.68. The minimum atomic E-state index is -0.978. The highest BCUT2D eigenvalue weighted by atomic mass is 16.5. The lowest BCUT2D eigenvalue weighted by Gasteiger charge is -2.09. The van der Waals surface area contributed by atoms with Crippen LogP contribution in [0.15, 0.2) is 40.6 Å². The normalized spacial score (nSPS) is 12.1. The van der Waals surface area contributed by atoms with Gasteiger partial charge in [0, 0.05) is 0 Å². The summed E-state index contributed by atoms with van der Waals surface area (Å²) in [7, 11) is 0. The van der Waals surface area contributed by atoms with Crippen molar-refractivity contribution in [3.05, 3.63) is 30.3 Å². The van der Waals surface area contributed by atoms with Crippen LogP contribution in [0.4, 0.5) is 5.69 Å². The number of nitrogens with zero attached hydrogens (tertiary/aromatic N) is 2. The van der Waals surface area contributed by atoms with Gasteiger partial charge >= 0.3 is 11.9 Å². The molecule has 6 heteroatoms. The third kappa shape index (κ3) is 5.60. The highest BCUT2D eigenvalue weighted by Gasteiger charge is 2.23. The summed E-state index contributed by atoms with van der Waals surface area (Å²) >= 11 is 0. The average molecular weight is 278 g/mol. The summed E-state index contributed by atoms with van der Waals surface area (Å²) in [4.78, 5) is 23.2. The van der Waals surface area contributed by atoms with E-state index < -0.39 is 18.0 Å². The maximum atomic E-state index is 11.7. The van der Waals surface area contributed by atoms with Gasteiger partial charge in [0.05, 0.1) is 25.3 Å². The van der Waals surface area contributed by atoms with Crippen LogP contribution in [0.5, 0.6) is 0 Å². The number of carbonyl (C=O) groups is 2. The van der Waals surface area contributed by atoms with E-state index >= 15 is 0 Å². The first-order valence-electron chi connectivity index (χ1n) is 6.45. The van der Waals surface area contributed by atoms with Gasteiger partial charge in [0.1, 0.15) is 0 Å². The van der Waals surface area contributed by atoms with Crippen LogP contribution in [0, 0.1) is 0 Å². The smallest absolute Gasteiger partial charge is 0.333 e. The predicted molar refractivity (Wildman–Crippen MR) is 72.6 cm³/mol. The molecule has 0 aromatic heterocycles. The molecule has 0 bridgehead atoms. The predicted octanol–water partition coefficient (Wildman–Crippen LogP) is 2.66. The Morgan fingerprint density at radius 1 is 1.10 bits per heavy atom. The van der Waals surface area contributed by atoms with Crippen LogP contribution in [0.3, 0.4) is 0 Å². The van der Waals surface area contributed by atoms with E-state index in [-0.39, 0.29) is 19.6 Å². The lowest BCUT2D eigenvalue weighted by atomic mass is 10.2. The number of rotatable bonds is 7. The zero-order valence-corrected chi connectivity index (χ0v) is 11.6. The first-order chi connectivity index (χ1) is 9.67. The van der Waals surface area contributed by atoms with E-state index in [2.05, 4.69) is 10.2 Å². The standard InChI is InChI=1S/C14H18N2O4/c1-3-19-13(17)10-12(14(18)20-4-2)16-15-11-8-6-5-7-9-11/h5-9,12H,3-4,10H2,1-2H3. The number of benzene rings is 1. The minimum Gasteiger partial charge on any atom is -0.466 e. The molecule has 0 aliphatic heterocycles. The molecule has 20 heavy (non-hydrogen) atoms. The Hall–Kier alpha value is -2.24. The Balaban J connectivity index is 2.74. The largest absolute Gasteiger partial charge is 0.466 e. The highest BCUT2D eigenvalue weighted by Crippen LogP contribution is 2.13. The summed E-state index contributed by atoms with van der Waals surface area (Å²) in [6.45, 7) is 3.86. The number of ether oxygens (including phenoxy) is 2. The fraction of sp³-hybridized carbons (Fsp3) is 0.429. The Morgan fingerprint density at radius 3 is 2.35 bits per heavy atom. The summed E-state index contributed by atoms with van der Waals surface area (Å²) in [6, 6.07) is 7.97. The molecule has 1 unspecified atom stereocenters. The monoisotopic (exact) mass is 278 g/mol. The average Bonchev–Trinajstić information content (AvgIpc) is 2.45. The molecule has 0 fully saturated rings. The molecule has 1 rings (SSSR count). The van der Waals surface area contributed by atoms with Crippen molar-refractivity contribution in [2.24, 2.45) is 10.2 Å². The van der Waals surface area contributed by atoms with Crippen LogP contribution in [0.1, 0.15) is 20.3 Å². The Bertz CT molecular complexity index is 460. The van der Waals surface area contributed by atoms with E-state index in [0.29, 0.717) is 5.69 Å². The fourth-order valence-electron chi connectivity index (χ4n) is 1.42. The van der Waals surface area contributed by atoms with Gasteiger partial charge in [0.25, 0.3) is 0 Å². The SMILES string of the molecule is CCOC(=O)CC(N=Nc1ccccc1)C(=O)OCC. The summed E-state index contributed by atoms with van der Waals surface area (Å²) in [5.41, 5.74) is 0.602. The first-order valence-corrected chi connectivity index (χ1v) is 6.45. The molecule has 0 aliphatic carbocycles. The molecule has 1 aromatic rings. The topological polar surface area (TPSA) is 77.3 Å². The van der Waals surface area contributed by atoms with Crippen molar-refractivity contribution in [2.75, 3.05) is 13.2 Å². The van der Waals surface area contributed by atoms with Crippen LogP contribution in [0.25, 0.3) is 0 Å². The molecule has 0 aliphatic rings. The second kappa shape index (κ2) is 8.79. The molecule has 108 valence electrons. The van der Waals surface area contributed by atoms with E-state index in [0.717, 1.165) is 0 Å². The second-order valence-electron chi connectivity index (χ2n) is 3.83. The number of carbonyl (C=O) groups excluding carboxylic acids is 2. The van der Waals surface area contributed by atoms with Crippen LogP contribution in [0.2, 0.25) is 0 Å². The minimum absolute atomic E-state index is 0.178. The van der Waals surface area contributed by atoms with Crippen molar-refractivity contribution < 1.29 is 19.1 Å². The summed E-state index contributed by atoms with van der Waals surface area (Å²) in [6.07, 6.45) is -0.178. The molecule has 1 aromatic carbocycles. The van der Waals surface area contributed by atoms with Gasteiger partial charge in [0.2, 0.25) is 0 Å². The summed E-state index contributed by atoms with van der Waals surface area (Å²) in [5.74, 6) is -1.09. The van der Waals surface area contributed by atoms with Crippen molar-refractivity contribution in [1.29, 1.82) is 0 Å². The van der Waals surface area contributed by atoms with Gasteiger partial charge in [0.15, 0.2) is 6.04 Å². The number of esters is 2. The quantitative estimate of drug-likeness (QED) is 0.567. The molecule has 0 spiro atoms. The van der Waals surface area contributed by atoms with Crippen molar-refractivity contribution in [3.63, 3.8) is 0 Å². The van der Waals surface area contributed by atoms with Crippen molar-refractivity contribution in [3.8, 4) is 0 Å². The molecule has 0 N–H and O–H groups in total. The van der Waals surface area contributed by atoms with Gasteiger partial charge in [-0.1, -0.05) is 18.2 Å². The lowest BCUT2D eigenvalue weighted by molar-refractivity contribution is -0.151. The second-order valence-corrected chi connectivity index (χ2v) is 3.83. The molecule has 0 amide bonds. The van der Waals surface area contributed by atoms with Gasteiger partial charge in [-0.15, -0.1) is 0 Å². The number of azo groups is 1. The van der Waals surface area contributed by atoms with Crippen molar-refractivity contribution in [1.82, 2.24) is 0 Å². The fourth-order valence-corrected chi connectivity index (χ4v) is 1.42. The van der Waals surface area contributed by atoms with Crippen molar-refractivity contribution >= 4 is 17.6 Å². The van der Waals surface area contributed by atoms with Crippen LogP contribution < -0.4 is 0 Å².